The lowest BCUT2D eigenvalue weighted by Crippen LogP contribution is -2.49. The molecule has 26 heavy (non-hydrogen) atoms. The summed E-state index contributed by atoms with van der Waals surface area (Å²) >= 11 is 3.51. The van der Waals surface area contributed by atoms with Crippen molar-refractivity contribution in [1.29, 1.82) is 0 Å². The van der Waals surface area contributed by atoms with Gasteiger partial charge in [-0.25, -0.2) is 0 Å². The summed E-state index contributed by atoms with van der Waals surface area (Å²) in [6.07, 6.45) is 5.62. The van der Waals surface area contributed by atoms with E-state index < -0.39 is 8.32 Å². The highest BCUT2D eigenvalue weighted by atomic mass is 79.9. The molecule has 1 aromatic rings. The van der Waals surface area contributed by atoms with Gasteiger partial charge in [0.2, 0.25) is 0 Å². The molecule has 3 rings (SSSR count). The second kappa shape index (κ2) is 7.40. The molecule has 0 spiro atoms. The summed E-state index contributed by atoms with van der Waals surface area (Å²) in [4.78, 5) is 15.1. The lowest BCUT2D eigenvalue weighted by Gasteiger charge is -2.43. The second-order valence-electron chi connectivity index (χ2n) is 9.36. The van der Waals surface area contributed by atoms with Crippen LogP contribution in [0, 0.1) is 0 Å². The average molecular weight is 438 g/mol. The smallest absolute Gasteiger partial charge is 0.254 e. The number of hydrogen-bond donors (Lipinski definition) is 0. The van der Waals surface area contributed by atoms with E-state index in [9.17, 15) is 4.79 Å². The van der Waals surface area contributed by atoms with E-state index in [0.29, 0.717) is 12.1 Å². The Morgan fingerprint density at radius 1 is 1.15 bits per heavy atom. The van der Waals surface area contributed by atoms with Crippen molar-refractivity contribution in [2.45, 2.75) is 83.2 Å². The first-order chi connectivity index (χ1) is 12.1. The van der Waals surface area contributed by atoms with Crippen LogP contribution in [-0.2, 0) is 10.8 Å². The molecule has 0 radical (unpaired) electrons. The molecule has 2 aliphatic rings. The Kier molecular flexibility index (Phi) is 5.72. The van der Waals surface area contributed by atoms with Crippen LogP contribution in [0.5, 0.6) is 0 Å². The summed E-state index contributed by atoms with van der Waals surface area (Å²) in [5.41, 5.74) is 2.06. The maximum atomic E-state index is 13.0. The topological polar surface area (TPSA) is 29.5 Å². The van der Waals surface area contributed by atoms with E-state index in [1.165, 1.54) is 5.56 Å². The predicted octanol–water partition coefficient (Wildman–Crippen LogP) is 5.78. The van der Waals surface area contributed by atoms with Crippen molar-refractivity contribution in [3.8, 4) is 0 Å². The summed E-state index contributed by atoms with van der Waals surface area (Å²) < 4.78 is 7.66. The van der Waals surface area contributed by atoms with Crippen molar-refractivity contribution in [3.63, 3.8) is 0 Å². The SMILES string of the molecule is CC(C)(C)[Si](C)(C)OC1CCC(N2CCc3cc(Br)ccc3C2=O)CC1. The molecular formula is C21H32BrNO2Si. The number of benzene rings is 1. The Hall–Kier alpha value is -0.653. The molecule has 0 N–H and O–H groups in total. The number of amides is 1. The maximum Gasteiger partial charge on any atom is 0.254 e. The highest BCUT2D eigenvalue weighted by molar-refractivity contribution is 9.10. The molecule has 1 fully saturated rings. The van der Waals surface area contributed by atoms with E-state index in [0.717, 1.165) is 48.7 Å². The highest BCUT2D eigenvalue weighted by Crippen LogP contribution is 2.39. The molecule has 1 amide bonds. The largest absolute Gasteiger partial charge is 0.414 e. The molecule has 1 aliphatic carbocycles. The molecule has 1 heterocycles. The number of fused-ring (bicyclic) bond motifs is 1. The van der Waals surface area contributed by atoms with Gasteiger partial charge in [-0.05, 0) is 74.0 Å². The van der Waals surface area contributed by atoms with Crippen LogP contribution in [-0.4, -0.2) is 37.8 Å². The van der Waals surface area contributed by atoms with Crippen LogP contribution in [0.3, 0.4) is 0 Å². The van der Waals surface area contributed by atoms with E-state index in [2.05, 4.69) is 60.8 Å². The fourth-order valence-electron chi connectivity index (χ4n) is 3.89. The zero-order chi connectivity index (χ0) is 19.1. The summed E-state index contributed by atoms with van der Waals surface area (Å²) in [7, 11) is -1.71. The van der Waals surface area contributed by atoms with E-state index in [1.807, 2.05) is 12.1 Å². The van der Waals surface area contributed by atoms with Gasteiger partial charge in [0.15, 0.2) is 8.32 Å². The number of rotatable bonds is 3. The summed E-state index contributed by atoms with van der Waals surface area (Å²) in [5.74, 6) is 0.215. The number of nitrogens with zero attached hydrogens (tertiary/aromatic N) is 1. The summed E-state index contributed by atoms with van der Waals surface area (Å²) in [5, 5.41) is 0.255. The first kappa shape index (κ1) is 20.1. The molecule has 144 valence electrons. The van der Waals surface area contributed by atoms with Crippen molar-refractivity contribution in [2.75, 3.05) is 6.54 Å². The number of halogens is 1. The Labute approximate surface area is 167 Å². The Morgan fingerprint density at radius 3 is 2.42 bits per heavy atom. The van der Waals surface area contributed by atoms with Gasteiger partial charge in [-0.1, -0.05) is 36.7 Å². The van der Waals surface area contributed by atoms with Gasteiger partial charge in [-0.3, -0.25) is 4.79 Å². The van der Waals surface area contributed by atoms with Crippen LogP contribution in [0.25, 0.3) is 0 Å². The molecule has 0 saturated heterocycles. The third kappa shape index (κ3) is 4.10. The number of carbonyl (C=O) groups is 1. The van der Waals surface area contributed by atoms with Crippen molar-refractivity contribution >= 4 is 30.2 Å². The third-order valence-corrected chi connectivity index (χ3v) is 11.6. The zero-order valence-corrected chi connectivity index (χ0v) is 19.4. The van der Waals surface area contributed by atoms with Gasteiger partial charge in [0.25, 0.3) is 5.91 Å². The quantitative estimate of drug-likeness (QED) is 0.560. The molecule has 0 bridgehead atoms. The van der Waals surface area contributed by atoms with E-state index in [1.54, 1.807) is 0 Å². The fourth-order valence-corrected chi connectivity index (χ4v) is 5.72. The van der Waals surface area contributed by atoms with Crippen molar-refractivity contribution in [3.05, 3.63) is 33.8 Å². The lowest BCUT2D eigenvalue weighted by molar-refractivity contribution is 0.0500. The molecule has 0 aromatic heterocycles. The molecule has 5 heteroatoms. The van der Waals surface area contributed by atoms with Gasteiger partial charge in [-0.2, -0.15) is 0 Å². The average Bonchev–Trinajstić information content (AvgIpc) is 2.55. The van der Waals surface area contributed by atoms with Gasteiger partial charge in [0.1, 0.15) is 0 Å². The molecule has 0 unspecified atom stereocenters. The first-order valence-electron chi connectivity index (χ1n) is 9.86. The predicted molar refractivity (Wildman–Crippen MR) is 113 cm³/mol. The van der Waals surface area contributed by atoms with Gasteiger partial charge in [0, 0.05) is 28.7 Å². The van der Waals surface area contributed by atoms with Gasteiger partial charge in [0.05, 0.1) is 0 Å². The van der Waals surface area contributed by atoms with Gasteiger partial charge in [-0.15, -0.1) is 0 Å². The number of hydrogen-bond acceptors (Lipinski definition) is 2. The minimum Gasteiger partial charge on any atom is -0.414 e. The van der Waals surface area contributed by atoms with Crippen molar-refractivity contribution < 1.29 is 9.22 Å². The normalized spacial score (nSPS) is 24.5. The van der Waals surface area contributed by atoms with Crippen LogP contribution in [0.2, 0.25) is 18.1 Å². The van der Waals surface area contributed by atoms with Gasteiger partial charge >= 0.3 is 0 Å². The maximum absolute atomic E-state index is 13.0. The molecular weight excluding hydrogens is 406 g/mol. The summed E-state index contributed by atoms with van der Waals surface area (Å²) in [6.45, 7) is 12.4. The Morgan fingerprint density at radius 2 is 1.81 bits per heavy atom. The highest BCUT2D eigenvalue weighted by Gasteiger charge is 2.40. The monoisotopic (exact) mass is 437 g/mol. The Balaban J connectivity index is 1.61. The fraction of sp³-hybridized carbons (Fsp3) is 0.667. The standard InChI is InChI=1S/C21H32BrNO2Si/c1-21(2,3)26(4,5)25-18-9-7-17(8-10-18)23-13-12-15-14-16(22)6-11-19(15)20(23)24/h6,11,14,17-18H,7-10,12-13H2,1-5H3. The van der Waals surface area contributed by atoms with E-state index in [-0.39, 0.29) is 10.9 Å². The molecule has 0 atom stereocenters. The number of carbonyl (C=O) groups excluding carboxylic acids is 1. The molecule has 1 aliphatic heterocycles. The van der Waals surface area contributed by atoms with Crippen LogP contribution < -0.4 is 0 Å². The Bertz CT molecular complexity index is 675. The van der Waals surface area contributed by atoms with Crippen LogP contribution >= 0.6 is 15.9 Å². The first-order valence-corrected chi connectivity index (χ1v) is 13.6. The van der Waals surface area contributed by atoms with E-state index in [4.69, 9.17) is 4.43 Å². The minimum absolute atomic E-state index is 0.215. The molecule has 1 aromatic carbocycles. The summed E-state index contributed by atoms with van der Waals surface area (Å²) in [6, 6.07) is 6.41. The molecule has 3 nitrogen and oxygen atoms in total. The van der Waals surface area contributed by atoms with Crippen LogP contribution in [0.4, 0.5) is 0 Å². The van der Waals surface area contributed by atoms with E-state index >= 15 is 0 Å². The zero-order valence-electron chi connectivity index (χ0n) is 16.8. The van der Waals surface area contributed by atoms with Crippen LogP contribution in [0.1, 0.15) is 62.4 Å². The van der Waals surface area contributed by atoms with Crippen molar-refractivity contribution in [2.24, 2.45) is 0 Å². The third-order valence-electron chi connectivity index (χ3n) is 6.53. The van der Waals surface area contributed by atoms with Gasteiger partial charge < -0.3 is 9.33 Å². The minimum atomic E-state index is -1.71. The second-order valence-corrected chi connectivity index (χ2v) is 15.0. The van der Waals surface area contributed by atoms with Crippen molar-refractivity contribution in [1.82, 2.24) is 4.90 Å². The van der Waals surface area contributed by atoms with Crippen LogP contribution in [0.15, 0.2) is 22.7 Å². The molecule has 1 saturated carbocycles. The lowest BCUT2D eigenvalue weighted by atomic mass is 9.89.